The Morgan fingerprint density at radius 1 is 1.31 bits per heavy atom. The number of alkyl halides is 3. The Balaban J connectivity index is 1.74. The molecule has 5 N–H and O–H groups in total. The maximum absolute atomic E-state index is 12.7. The molecular formula is C18H18F3N5O2S. The van der Waals surface area contributed by atoms with Crippen molar-refractivity contribution in [2.75, 3.05) is 6.54 Å². The van der Waals surface area contributed by atoms with Gasteiger partial charge in [-0.3, -0.25) is 9.78 Å². The van der Waals surface area contributed by atoms with E-state index in [4.69, 9.17) is 10.8 Å². The van der Waals surface area contributed by atoms with Crippen molar-refractivity contribution in [1.29, 1.82) is 0 Å². The molecule has 3 aromatic heterocycles. The van der Waals surface area contributed by atoms with E-state index in [0.29, 0.717) is 29.4 Å². The second-order valence-corrected chi connectivity index (χ2v) is 7.04. The van der Waals surface area contributed by atoms with Crippen molar-refractivity contribution >= 4 is 17.2 Å². The van der Waals surface area contributed by atoms with Crippen LogP contribution in [-0.4, -0.2) is 32.5 Å². The number of nitrogens with one attached hydrogen (secondary N) is 2. The van der Waals surface area contributed by atoms with Gasteiger partial charge in [-0.25, -0.2) is 4.98 Å². The van der Waals surface area contributed by atoms with Crippen molar-refractivity contribution in [1.82, 2.24) is 20.3 Å². The molecule has 29 heavy (non-hydrogen) atoms. The molecule has 0 saturated heterocycles. The average Bonchev–Trinajstić information content (AvgIpc) is 3.37. The van der Waals surface area contributed by atoms with E-state index >= 15 is 0 Å². The van der Waals surface area contributed by atoms with E-state index in [1.54, 1.807) is 11.4 Å². The van der Waals surface area contributed by atoms with Gasteiger partial charge in [-0.1, -0.05) is 0 Å². The van der Waals surface area contributed by atoms with Gasteiger partial charge in [-0.05, 0) is 37.2 Å². The molecule has 0 aliphatic rings. The number of hydrogen-bond acceptors (Lipinski definition) is 6. The highest BCUT2D eigenvalue weighted by Gasteiger charge is 2.30. The van der Waals surface area contributed by atoms with E-state index in [-0.39, 0.29) is 18.0 Å². The number of halogens is 3. The van der Waals surface area contributed by atoms with E-state index in [0.717, 1.165) is 12.3 Å². The zero-order valence-electron chi connectivity index (χ0n) is 15.0. The number of aliphatic hydroxyl groups excluding tert-OH is 1. The molecule has 0 spiro atoms. The number of amides is 1. The monoisotopic (exact) mass is 425 g/mol. The lowest BCUT2D eigenvalue weighted by molar-refractivity contribution is -0.137. The van der Waals surface area contributed by atoms with Gasteiger partial charge in [0.25, 0.3) is 5.91 Å². The van der Waals surface area contributed by atoms with Crippen LogP contribution in [0.1, 0.15) is 39.2 Å². The number of carbonyl (C=O) groups is 1. The maximum atomic E-state index is 12.7. The summed E-state index contributed by atoms with van der Waals surface area (Å²) in [6.07, 6.45) is -3.26. The van der Waals surface area contributed by atoms with Crippen molar-refractivity contribution in [2.24, 2.45) is 5.73 Å². The molecule has 1 unspecified atom stereocenters. The number of aliphatic hydroxyl groups is 1. The lowest BCUT2D eigenvalue weighted by Gasteiger charge is -2.15. The summed E-state index contributed by atoms with van der Waals surface area (Å²) in [5.74, 6) is -0.414. The first kappa shape index (κ1) is 21.0. The van der Waals surface area contributed by atoms with Crippen molar-refractivity contribution in [3.05, 3.63) is 57.8 Å². The van der Waals surface area contributed by atoms with Crippen molar-refractivity contribution in [3.63, 3.8) is 0 Å². The zero-order chi connectivity index (χ0) is 21.0. The minimum absolute atomic E-state index is 0.195. The van der Waals surface area contributed by atoms with Crippen molar-refractivity contribution in [2.45, 2.75) is 25.2 Å². The number of aromatic nitrogens is 3. The Morgan fingerprint density at radius 3 is 2.69 bits per heavy atom. The molecule has 0 radical (unpaired) electrons. The SMILES string of the molecule is NCCC(NC(=O)c1ccc(-c2ccc(C(F)(F)F)cn2)[nH]1)c1nc(CO)cs1. The Hall–Kier alpha value is -2.76. The van der Waals surface area contributed by atoms with Crippen LogP contribution in [0.15, 0.2) is 35.8 Å². The zero-order valence-corrected chi connectivity index (χ0v) is 15.8. The first-order chi connectivity index (χ1) is 13.8. The summed E-state index contributed by atoms with van der Waals surface area (Å²) in [5, 5.41) is 14.3. The summed E-state index contributed by atoms with van der Waals surface area (Å²) in [5.41, 5.74) is 6.21. The summed E-state index contributed by atoms with van der Waals surface area (Å²) in [7, 11) is 0. The molecule has 1 atom stereocenters. The number of nitrogens with two attached hydrogens (primary N) is 1. The Kier molecular flexibility index (Phi) is 6.30. The van der Waals surface area contributed by atoms with Gasteiger partial charge in [0.2, 0.25) is 0 Å². The minimum atomic E-state index is -4.46. The molecule has 3 heterocycles. The van der Waals surface area contributed by atoms with Crippen LogP contribution in [0.2, 0.25) is 0 Å². The van der Waals surface area contributed by atoms with E-state index in [9.17, 15) is 18.0 Å². The van der Waals surface area contributed by atoms with Gasteiger partial charge in [-0.15, -0.1) is 11.3 Å². The number of hydrogen-bond donors (Lipinski definition) is 4. The van der Waals surface area contributed by atoms with Crippen LogP contribution >= 0.6 is 11.3 Å². The smallest absolute Gasteiger partial charge is 0.390 e. The Morgan fingerprint density at radius 2 is 2.10 bits per heavy atom. The van der Waals surface area contributed by atoms with Crippen LogP contribution in [0.3, 0.4) is 0 Å². The van der Waals surface area contributed by atoms with Crippen LogP contribution < -0.4 is 11.1 Å². The summed E-state index contributed by atoms with van der Waals surface area (Å²) in [6.45, 7) is 0.129. The maximum Gasteiger partial charge on any atom is 0.417 e. The summed E-state index contributed by atoms with van der Waals surface area (Å²) < 4.78 is 38.0. The molecule has 0 aliphatic heterocycles. The Bertz CT molecular complexity index is 969. The standard InChI is InChI=1S/C18H18F3N5O2S/c19-18(20,21)10-1-2-12(23-7-10)13-3-4-14(25-13)16(28)26-15(5-6-22)17-24-11(8-27)9-29-17/h1-4,7,9,15,25,27H,5-6,8,22H2,(H,26,28). The third-order valence-corrected chi connectivity index (χ3v) is 5.09. The van der Waals surface area contributed by atoms with Gasteiger partial charge in [0, 0.05) is 11.6 Å². The molecule has 0 fully saturated rings. The van der Waals surface area contributed by atoms with Crippen LogP contribution in [0, 0.1) is 0 Å². The molecule has 154 valence electrons. The molecule has 0 aliphatic carbocycles. The predicted octanol–water partition coefficient (Wildman–Crippen LogP) is 2.86. The normalized spacial score (nSPS) is 12.7. The number of carbonyl (C=O) groups excluding carboxylic acids is 1. The van der Waals surface area contributed by atoms with Crippen LogP contribution in [0.25, 0.3) is 11.4 Å². The number of nitrogens with zero attached hydrogens (tertiary/aromatic N) is 2. The summed E-state index contributed by atoms with van der Waals surface area (Å²) in [6, 6.07) is 4.83. The molecule has 0 saturated carbocycles. The van der Waals surface area contributed by atoms with Gasteiger partial charge in [-0.2, -0.15) is 13.2 Å². The molecule has 1 amide bonds. The second kappa shape index (κ2) is 8.72. The fraction of sp³-hybridized carbons (Fsp3) is 0.278. The number of aromatic amines is 1. The molecule has 11 heteroatoms. The highest BCUT2D eigenvalue weighted by molar-refractivity contribution is 7.09. The number of pyridine rings is 1. The van der Waals surface area contributed by atoms with Gasteiger partial charge in [0.1, 0.15) is 10.7 Å². The van der Waals surface area contributed by atoms with Crippen LogP contribution in [0.4, 0.5) is 13.2 Å². The second-order valence-electron chi connectivity index (χ2n) is 6.15. The first-order valence-corrected chi connectivity index (χ1v) is 9.48. The number of rotatable bonds is 7. The highest BCUT2D eigenvalue weighted by Crippen LogP contribution is 2.29. The molecule has 3 aromatic rings. The molecule has 0 bridgehead atoms. The van der Waals surface area contributed by atoms with Crippen LogP contribution in [0.5, 0.6) is 0 Å². The molecule has 3 rings (SSSR count). The van der Waals surface area contributed by atoms with E-state index in [2.05, 4.69) is 20.3 Å². The third kappa shape index (κ3) is 5.00. The molecule has 0 aromatic carbocycles. The lowest BCUT2D eigenvalue weighted by atomic mass is 10.2. The van der Waals surface area contributed by atoms with Gasteiger partial charge in [0.05, 0.1) is 35.3 Å². The topological polar surface area (TPSA) is 117 Å². The van der Waals surface area contributed by atoms with Gasteiger partial charge >= 0.3 is 6.18 Å². The van der Waals surface area contributed by atoms with Crippen molar-refractivity contribution in [3.8, 4) is 11.4 Å². The average molecular weight is 425 g/mol. The van der Waals surface area contributed by atoms with Crippen molar-refractivity contribution < 1.29 is 23.1 Å². The minimum Gasteiger partial charge on any atom is -0.390 e. The third-order valence-electron chi connectivity index (χ3n) is 4.09. The lowest BCUT2D eigenvalue weighted by Crippen LogP contribution is -2.30. The van der Waals surface area contributed by atoms with Gasteiger partial charge < -0.3 is 21.1 Å². The fourth-order valence-corrected chi connectivity index (χ4v) is 3.51. The number of H-pyrrole nitrogens is 1. The van der Waals surface area contributed by atoms with Crippen LogP contribution in [-0.2, 0) is 12.8 Å². The first-order valence-electron chi connectivity index (χ1n) is 8.60. The van der Waals surface area contributed by atoms with E-state index in [1.807, 2.05) is 0 Å². The summed E-state index contributed by atoms with van der Waals surface area (Å²) in [4.78, 5) is 23.5. The largest absolute Gasteiger partial charge is 0.417 e. The molecule has 7 nitrogen and oxygen atoms in total. The summed E-state index contributed by atoms with van der Waals surface area (Å²) >= 11 is 1.31. The predicted molar refractivity (Wildman–Crippen MR) is 101 cm³/mol. The molecular weight excluding hydrogens is 407 g/mol. The highest BCUT2D eigenvalue weighted by atomic mass is 32.1. The fourth-order valence-electron chi connectivity index (χ4n) is 2.61. The quantitative estimate of drug-likeness (QED) is 0.464. The van der Waals surface area contributed by atoms with E-state index < -0.39 is 23.7 Å². The Labute approximate surface area is 167 Å². The van der Waals surface area contributed by atoms with E-state index in [1.165, 1.54) is 23.5 Å². The number of thiazole rings is 1. The van der Waals surface area contributed by atoms with Gasteiger partial charge in [0.15, 0.2) is 0 Å².